The largest absolute Gasteiger partial charge is 0.332 e. The van der Waals surface area contributed by atoms with Crippen LogP contribution in [0, 0.1) is 0 Å². The minimum absolute atomic E-state index is 0.0727. The minimum atomic E-state index is -0.470. The Labute approximate surface area is 186 Å². The summed E-state index contributed by atoms with van der Waals surface area (Å²) in [5.41, 5.74) is 1.40. The van der Waals surface area contributed by atoms with Crippen LogP contribution in [0.25, 0.3) is 11.2 Å². The number of anilines is 1. The molecule has 4 rings (SSSR count). The summed E-state index contributed by atoms with van der Waals surface area (Å²) in [6.45, 7) is 0.689. The average molecular weight is 439 g/mol. The molecule has 1 aliphatic carbocycles. The number of hydrogen-bond acceptors (Lipinski definition) is 5. The number of aryl methyl sites for hydroxylation is 1. The molecule has 9 heteroatoms. The van der Waals surface area contributed by atoms with Crippen LogP contribution < -0.4 is 16.6 Å². The number of rotatable bonds is 6. The molecule has 0 bridgehead atoms. The number of amides is 1. The second kappa shape index (κ2) is 9.12. The molecule has 1 fully saturated rings. The van der Waals surface area contributed by atoms with Gasteiger partial charge in [-0.15, -0.1) is 0 Å². The van der Waals surface area contributed by atoms with Crippen LogP contribution in [0.1, 0.15) is 37.7 Å². The van der Waals surface area contributed by atoms with Crippen LogP contribution in [0.3, 0.4) is 0 Å². The van der Waals surface area contributed by atoms with Gasteiger partial charge < -0.3 is 9.88 Å². The number of benzene rings is 1. The van der Waals surface area contributed by atoms with Crippen molar-refractivity contribution in [1.29, 1.82) is 0 Å². The standard InChI is InChI=1S/C23H30N6O3/c1-26(17-10-5-4-6-11-17)13-16-9-7-8-12-18(16)25-19(30)14-29-15-24-21-20(29)22(31)28(3)23(32)27(21)2/h7-9,12,15,17H,4-6,10-11,13-14H2,1-3H3,(H,25,30). The molecule has 2 aromatic heterocycles. The third kappa shape index (κ3) is 4.25. The quantitative estimate of drug-likeness (QED) is 0.634. The number of imidazole rings is 1. The van der Waals surface area contributed by atoms with Crippen LogP contribution in [-0.4, -0.2) is 42.6 Å². The molecule has 1 saturated carbocycles. The van der Waals surface area contributed by atoms with E-state index in [0.717, 1.165) is 22.4 Å². The maximum Gasteiger partial charge on any atom is 0.332 e. The van der Waals surface area contributed by atoms with E-state index in [9.17, 15) is 14.4 Å². The van der Waals surface area contributed by atoms with Crippen molar-refractivity contribution in [2.45, 2.75) is 51.2 Å². The number of aromatic nitrogens is 4. The first-order valence-corrected chi connectivity index (χ1v) is 11.1. The molecule has 32 heavy (non-hydrogen) atoms. The summed E-state index contributed by atoms with van der Waals surface area (Å²) in [7, 11) is 5.12. The summed E-state index contributed by atoms with van der Waals surface area (Å²) in [5.74, 6) is -0.257. The molecule has 9 nitrogen and oxygen atoms in total. The zero-order valence-electron chi connectivity index (χ0n) is 18.9. The number of nitrogens with zero attached hydrogens (tertiary/aromatic N) is 5. The van der Waals surface area contributed by atoms with Gasteiger partial charge in [0.2, 0.25) is 5.91 Å². The highest BCUT2D eigenvalue weighted by Gasteiger charge is 2.20. The second-order valence-electron chi connectivity index (χ2n) is 8.66. The van der Waals surface area contributed by atoms with Crippen molar-refractivity contribution in [3.63, 3.8) is 0 Å². The fourth-order valence-corrected chi connectivity index (χ4v) is 4.56. The molecule has 3 aromatic rings. The second-order valence-corrected chi connectivity index (χ2v) is 8.66. The summed E-state index contributed by atoms with van der Waals surface area (Å²) in [6.07, 6.45) is 7.73. The smallest absolute Gasteiger partial charge is 0.324 e. The predicted octanol–water partition coefficient (Wildman–Crippen LogP) is 1.84. The molecule has 0 aliphatic heterocycles. The van der Waals surface area contributed by atoms with Gasteiger partial charge in [0.15, 0.2) is 11.2 Å². The molecule has 0 spiro atoms. The molecule has 2 heterocycles. The zero-order valence-corrected chi connectivity index (χ0v) is 18.9. The van der Waals surface area contributed by atoms with E-state index in [1.54, 1.807) is 7.05 Å². The number of hydrogen-bond donors (Lipinski definition) is 1. The lowest BCUT2D eigenvalue weighted by Gasteiger charge is -2.31. The van der Waals surface area contributed by atoms with E-state index in [-0.39, 0.29) is 23.6 Å². The Morgan fingerprint density at radius 3 is 2.59 bits per heavy atom. The zero-order chi connectivity index (χ0) is 22.8. The van der Waals surface area contributed by atoms with Gasteiger partial charge in [-0.3, -0.25) is 23.6 Å². The molecule has 170 valence electrons. The van der Waals surface area contributed by atoms with Gasteiger partial charge in [-0.25, -0.2) is 9.78 Å². The highest BCUT2D eigenvalue weighted by molar-refractivity contribution is 5.92. The van der Waals surface area contributed by atoms with E-state index in [4.69, 9.17) is 0 Å². The molecule has 0 atom stereocenters. The Bertz CT molecular complexity index is 1250. The molecular formula is C23H30N6O3. The summed E-state index contributed by atoms with van der Waals surface area (Å²) in [4.78, 5) is 44.1. The van der Waals surface area contributed by atoms with Crippen LogP contribution in [0.15, 0.2) is 40.2 Å². The SMILES string of the molecule is CN(Cc1ccccc1NC(=O)Cn1cnc2c1c(=O)n(C)c(=O)n2C)C1CCCCC1. The molecule has 0 radical (unpaired) electrons. The molecule has 1 amide bonds. The number of fused-ring (bicyclic) bond motifs is 1. The fraction of sp³-hybridized carbons (Fsp3) is 0.478. The fourth-order valence-electron chi connectivity index (χ4n) is 4.56. The van der Waals surface area contributed by atoms with Crippen LogP contribution in [-0.2, 0) is 32.0 Å². The number of para-hydroxylation sites is 1. The van der Waals surface area contributed by atoms with Gasteiger partial charge in [0.1, 0.15) is 6.54 Å². The van der Waals surface area contributed by atoms with Crippen LogP contribution >= 0.6 is 0 Å². The van der Waals surface area contributed by atoms with Crippen molar-refractivity contribution in [3.05, 3.63) is 57.0 Å². The van der Waals surface area contributed by atoms with Crippen molar-refractivity contribution in [2.24, 2.45) is 14.1 Å². The van der Waals surface area contributed by atoms with E-state index < -0.39 is 11.2 Å². The topological polar surface area (TPSA) is 94.2 Å². The Morgan fingerprint density at radius 2 is 1.84 bits per heavy atom. The lowest BCUT2D eigenvalue weighted by molar-refractivity contribution is -0.116. The summed E-state index contributed by atoms with van der Waals surface area (Å²) in [6, 6.07) is 8.39. The Balaban J connectivity index is 1.52. The molecule has 1 N–H and O–H groups in total. The van der Waals surface area contributed by atoms with Crippen LogP contribution in [0.2, 0.25) is 0 Å². The molecule has 1 aromatic carbocycles. The summed E-state index contributed by atoms with van der Waals surface area (Å²) < 4.78 is 3.82. The average Bonchev–Trinajstić information content (AvgIpc) is 3.21. The minimum Gasteiger partial charge on any atom is -0.324 e. The predicted molar refractivity (Wildman–Crippen MR) is 124 cm³/mol. The van der Waals surface area contributed by atoms with Gasteiger partial charge >= 0.3 is 5.69 Å². The van der Waals surface area contributed by atoms with Gasteiger partial charge in [-0.1, -0.05) is 37.5 Å². The van der Waals surface area contributed by atoms with E-state index >= 15 is 0 Å². The van der Waals surface area contributed by atoms with Crippen molar-refractivity contribution in [1.82, 2.24) is 23.6 Å². The van der Waals surface area contributed by atoms with Gasteiger partial charge in [-0.2, -0.15) is 0 Å². The Morgan fingerprint density at radius 1 is 1.12 bits per heavy atom. The first kappa shape index (κ1) is 22.0. The van der Waals surface area contributed by atoms with Crippen molar-refractivity contribution in [2.75, 3.05) is 12.4 Å². The van der Waals surface area contributed by atoms with Gasteiger partial charge in [-0.05, 0) is 31.5 Å². The van der Waals surface area contributed by atoms with Gasteiger partial charge in [0.05, 0.1) is 6.33 Å². The van der Waals surface area contributed by atoms with Crippen LogP contribution in [0.4, 0.5) is 5.69 Å². The molecule has 0 unspecified atom stereocenters. The third-order valence-electron chi connectivity index (χ3n) is 6.44. The molecule has 1 aliphatic rings. The van der Waals surface area contributed by atoms with Crippen molar-refractivity contribution in [3.8, 4) is 0 Å². The Hall–Kier alpha value is -3.20. The molecular weight excluding hydrogens is 408 g/mol. The van der Waals surface area contributed by atoms with Crippen molar-refractivity contribution < 1.29 is 4.79 Å². The molecule has 0 saturated heterocycles. The normalized spacial score (nSPS) is 14.9. The third-order valence-corrected chi connectivity index (χ3v) is 6.44. The number of nitrogens with one attached hydrogen (secondary N) is 1. The van der Waals surface area contributed by atoms with Gasteiger partial charge in [0.25, 0.3) is 5.56 Å². The van der Waals surface area contributed by atoms with E-state index in [1.807, 2.05) is 24.3 Å². The number of carbonyl (C=O) groups excluding carboxylic acids is 1. The van der Waals surface area contributed by atoms with E-state index in [0.29, 0.717) is 6.04 Å². The van der Waals surface area contributed by atoms with E-state index in [1.165, 1.54) is 54.6 Å². The summed E-state index contributed by atoms with van der Waals surface area (Å²) >= 11 is 0. The highest BCUT2D eigenvalue weighted by atomic mass is 16.2. The van der Waals surface area contributed by atoms with Crippen molar-refractivity contribution >= 4 is 22.8 Å². The monoisotopic (exact) mass is 438 g/mol. The summed E-state index contributed by atoms with van der Waals surface area (Å²) in [5, 5.41) is 2.99. The lowest BCUT2D eigenvalue weighted by atomic mass is 9.94. The van der Waals surface area contributed by atoms with Crippen LogP contribution in [0.5, 0.6) is 0 Å². The van der Waals surface area contributed by atoms with E-state index in [2.05, 4.69) is 22.2 Å². The maximum absolute atomic E-state index is 12.9. The first-order chi connectivity index (χ1) is 15.4. The lowest BCUT2D eigenvalue weighted by Crippen LogP contribution is -2.37. The Kier molecular flexibility index (Phi) is 6.27. The highest BCUT2D eigenvalue weighted by Crippen LogP contribution is 2.25. The number of carbonyl (C=O) groups is 1. The first-order valence-electron chi connectivity index (χ1n) is 11.1. The maximum atomic E-state index is 12.9. The van der Waals surface area contributed by atoms with Gasteiger partial charge in [0, 0.05) is 32.4 Å².